The average Bonchev–Trinajstić information content (AvgIpc) is 3.13. The fourth-order valence-corrected chi connectivity index (χ4v) is 4.59. The van der Waals surface area contributed by atoms with Gasteiger partial charge in [0.15, 0.2) is 11.5 Å². The van der Waals surface area contributed by atoms with Crippen LogP contribution in [0.4, 0.5) is 14.9 Å². The molecule has 1 aliphatic rings. The second-order valence-corrected chi connectivity index (χ2v) is 9.47. The summed E-state index contributed by atoms with van der Waals surface area (Å²) in [5.74, 6) is -0.639. The quantitative estimate of drug-likeness (QED) is 0.342. The zero-order valence-corrected chi connectivity index (χ0v) is 21.4. The van der Waals surface area contributed by atoms with Crippen molar-refractivity contribution < 1.29 is 28.2 Å². The van der Waals surface area contributed by atoms with Gasteiger partial charge in [-0.05, 0) is 65.4 Å². The summed E-state index contributed by atoms with van der Waals surface area (Å²) in [6, 6.07) is 18.3. The van der Waals surface area contributed by atoms with Crippen LogP contribution in [0.3, 0.4) is 0 Å². The standard InChI is InChI=1S/C26H20BrFN2O5S/c1-34-21-11-17(20(27)13-22(21)35-15-16-5-3-2-4-6-16)12-23-25(32)30(26(33)36-23)14-24(31)29-19-9-7-18(28)8-10-19/h2-13H,14-15H2,1H3,(H,29,31)/b23-12-. The summed E-state index contributed by atoms with van der Waals surface area (Å²) in [7, 11) is 1.51. The molecule has 7 nitrogen and oxygen atoms in total. The van der Waals surface area contributed by atoms with Gasteiger partial charge < -0.3 is 14.8 Å². The Balaban J connectivity index is 1.46. The molecule has 1 aliphatic heterocycles. The van der Waals surface area contributed by atoms with Gasteiger partial charge in [0.2, 0.25) is 5.91 Å². The number of rotatable bonds is 8. The number of carbonyl (C=O) groups excluding carboxylic acids is 3. The SMILES string of the molecule is COc1cc(/C=C2\SC(=O)N(CC(=O)Nc3ccc(F)cc3)C2=O)c(Br)cc1OCc1ccccc1. The molecule has 0 spiro atoms. The van der Waals surface area contributed by atoms with Crippen LogP contribution in [0.2, 0.25) is 0 Å². The predicted octanol–water partition coefficient (Wildman–Crippen LogP) is 5.85. The Kier molecular flexibility index (Phi) is 8.07. The molecule has 3 aromatic carbocycles. The summed E-state index contributed by atoms with van der Waals surface area (Å²) < 4.78 is 25.0. The second kappa shape index (κ2) is 11.4. The number of hydrogen-bond acceptors (Lipinski definition) is 6. The van der Waals surface area contributed by atoms with Crippen molar-refractivity contribution in [2.45, 2.75) is 6.61 Å². The van der Waals surface area contributed by atoms with Crippen LogP contribution in [0, 0.1) is 5.82 Å². The summed E-state index contributed by atoms with van der Waals surface area (Å²) in [5, 5.41) is 1.97. The van der Waals surface area contributed by atoms with Gasteiger partial charge in [0, 0.05) is 10.2 Å². The smallest absolute Gasteiger partial charge is 0.294 e. The van der Waals surface area contributed by atoms with E-state index in [1.807, 2.05) is 30.3 Å². The molecule has 3 amide bonds. The number of ether oxygens (including phenoxy) is 2. The van der Waals surface area contributed by atoms with Gasteiger partial charge in [-0.15, -0.1) is 0 Å². The summed E-state index contributed by atoms with van der Waals surface area (Å²) in [6.45, 7) is -0.113. The van der Waals surface area contributed by atoms with E-state index in [1.54, 1.807) is 18.2 Å². The number of halogens is 2. The lowest BCUT2D eigenvalue weighted by molar-refractivity contribution is -0.127. The van der Waals surface area contributed by atoms with Gasteiger partial charge in [-0.2, -0.15) is 0 Å². The highest BCUT2D eigenvalue weighted by molar-refractivity contribution is 9.10. The fourth-order valence-electron chi connectivity index (χ4n) is 3.32. The second-order valence-electron chi connectivity index (χ2n) is 7.62. The van der Waals surface area contributed by atoms with E-state index in [2.05, 4.69) is 21.2 Å². The van der Waals surface area contributed by atoms with Crippen LogP contribution >= 0.6 is 27.7 Å². The number of hydrogen-bond donors (Lipinski definition) is 1. The van der Waals surface area contributed by atoms with Crippen LogP contribution in [0.25, 0.3) is 6.08 Å². The summed E-state index contributed by atoms with van der Waals surface area (Å²) in [4.78, 5) is 38.7. The maximum absolute atomic E-state index is 13.0. The molecular weight excluding hydrogens is 551 g/mol. The molecule has 10 heteroatoms. The highest BCUT2D eigenvalue weighted by Gasteiger charge is 2.36. The third-order valence-electron chi connectivity index (χ3n) is 5.11. The van der Waals surface area contributed by atoms with E-state index < -0.39 is 29.4 Å². The fraction of sp³-hybridized carbons (Fsp3) is 0.115. The molecule has 1 heterocycles. The molecule has 0 unspecified atom stereocenters. The molecule has 0 saturated carbocycles. The Morgan fingerprint density at radius 2 is 1.81 bits per heavy atom. The van der Waals surface area contributed by atoms with Crippen LogP contribution < -0.4 is 14.8 Å². The molecule has 36 heavy (non-hydrogen) atoms. The van der Waals surface area contributed by atoms with Gasteiger partial charge in [0.05, 0.1) is 12.0 Å². The average molecular weight is 571 g/mol. The Labute approximate surface area is 219 Å². The van der Waals surface area contributed by atoms with Gasteiger partial charge >= 0.3 is 0 Å². The maximum Gasteiger partial charge on any atom is 0.294 e. The number of imide groups is 1. The number of benzene rings is 3. The maximum atomic E-state index is 13.0. The Morgan fingerprint density at radius 3 is 2.50 bits per heavy atom. The van der Waals surface area contributed by atoms with Gasteiger partial charge in [-0.25, -0.2) is 4.39 Å². The topological polar surface area (TPSA) is 84.9 Å². The molecule has 4 rings (SSSR count). The van der Waals surface area contributed by atoms with E-state index in [9.17, 15) is 18.8 Å². The molecule has 1 fully saturated rings. The van der Waals surface area contributed by atoms with Gasteiger partial charge in [0.25, 0.3) is 11.1 Å². The molecule has 0 radical (unpaired) electrons. The molecule has 3 aromatic rings. The number of carbonyl (C=O) groups is 3. The molecule has 0 bridgehead atoms. The van der Waals surface area contributed by atoms with Crippen molar-refractivity contribution in [3.8, 4) is 11.5 Å². The lowest BCUT2D eigenvalue weighted by Crippen LogP contribution is -2.36. The lowest BCUT2D eigenvalue weighted by Gasteiger charge is -2.13. The monoisotopic (exact) mass is 570 g/mol. The normalized spacial score (nSPS) is 14.3. The van der Waals surface area contributed by atoms with Crippen molar-refractivity contribution in [3.63, 3.8) is 0 Å². The van der Waals surface area contributed by atoms with Crippen molar-refractivity contribution in [1.82, 2.24) is 4.90 Å². The predicted molar refractivity (Wildman–Crippen MR) is 139 cm³/mol. The van der Waals surface area contributed by atoms with Crippen molar-refractivity contribution in [2.75, 3.05) is 19.0 Å². The molecular formula is C26H20BrFN2O5S. The first kappa shape index (κ1) is 25.5. The number of thioether (sulfide) groups is 1. The van der Waals surface area contributed by atoms with E-state index in [4.69, 9.17) is 9.47 Å². The van der Waals surface area contributed by atoms with Gasteiger partial charge in [0.1, 0.15) is 19.0 Å². The first-order valence-corrected chi connectivity index (χ1v) is 12.3. The highest BCUT2D eigenvalue weighted by atomic mass is 79.9. The largest absolute Gasteiger partial charge is 0.493 e. The molecule has 184 valence electrons. The number of nitrogens with zero attached hydrogens (tertiary/aromatic N) is 1. The summed E-state index contributed by atoms with van der Waals surface area (Å²) >= 11 is 4.22. The Hall–Kier alpha value is -3.63. The third-order valence-corrected chi connectivity index (χ3v) is 6.70. The molecule has 1 N–H and O–H groups in total. The minimum Gasteiger partial charge on any atom is -0.493 e. The van der Waals surface area contributed by atoms with Gasteiger partial charge in [-0.3, -0.25) is 19.3 Å². The summed E-state index contributed by atoms with van der Waals surface area (Å²) in [5.41, 5.74) is 1.95. The van der Waals surface area contributed by atoms with E-state index in [1.165, 1.54) is 31.4 Å². The minimum atomic E-state index is -0.588. The van der Waals surface area contributed by atoms with Crippen LogP contribution in [0.5, 0.6) is 11.5 Å². The van der Waals surface area contributed by atoms with Crippen LogP contribution in [-0.4, -0.2) is 35.6 Å². The van der Waals surface area contributed by atoms with E-state index in [0.717, 1.165) is 22.2 Å². The van der Waals surface area contributed by atoms with E-state index >= 15 is 0 Å². The Morgan fingerprint density at radius 1 is 1.08 bits per heavy atom. The Bertz CT molecular complexity index is 1330. The lowest BCUT2D eigenvalue weighted by atomic mass is 10.1. The summed E-state index contributed by atoms with van der Waals surface area (Å²) in [6.07, 6.45) is 1.55. The van der Waals surface area contributed by atoms with Gasteiger partial charge in [-0.1, -0.05) is 46.3 Å². The first-order valence-electron chi connectivity index (χ1n) is 10.7. The third kappa shape index (κ3) is 6.13. The highest BCUT2D eigenvalue weighted by Crippen LogP contribution is 2.38. The first-order chi connectivity index (χ1) is 17.3. The van der Waals surface area contributed by atoms with E-state index in [0.29, 0.717) is 33.8 Å². The van der Waals surface area contributed by atoms with Crippen molar-refractivity contribution in [3.05, 3.63) is 93.1 Å². The number of nitrogens with one attached hydrogen (secondary N) is 1. The van der Waals surface area contributed by atoms with Crippen LogP contribution in [0.1, 0.15) is 11.1 Å². The molecule has 1 saturated heterocycles. The van der Waals surface area contributed by atoms with E-state index in [-0.39, 0.29) is 4.91 Å². The van der Waals surface area contributed by atoms with Crippen molar-refractivity contribution >= 4 is 56.5 Å². The molecule has 0 aromatic heterocycles. The molecule has 0 atom stereocenters. The zero-order valence-electron chi connectivity index (χ0n) is 19.0. The van der Waals surface area contributed by atoms with Crippen LogP contribution in [-0.2, 0) is 16.2 Å². The number of amides is 3. The zero-order chi connectivity index (χ0) is 25.7. The van der Waals surface area contributed by atoms with Crippen molar-refractivity contribution in [1.29, 1.82) is 0 Å². The molecule has 0 aliphatic carbocycles. The van der Waals surface area contributed by atoms with Crippen molar-refractivity contribution in [2.24, 2.45) is 0 Å². The number of anilines is 1. The van der Waals surface area contributed by atoms with Crippen LogP contribution in [0.15, 0.2) is 76.1 Å². The minimum absolute atomic E-state index is 0.162. The number of methoxy groups -OCH3 is 1.